The van der Waals surface area contributed by atoms with E-state index in [0.717, 1.165) is 11.1 Å². The highest BCUT2D eigenvalue weighted by atomic mass is 14.8. The van der Waals surface area contributed by atoms with E-state index in [9.17, 15) is 0 Å². The molecule has 1 heterocycles. The monoisotopic (exact) mass is 147 g/mol. The molecule has 1 aromatic rings. The molecule has 0 radical (unpaired) electrons. The van der Waals surface area contributed by atoms with Crippen LogP contribution >= 0.6 is 0 Å². The highest BCUT2D eigenvalue weighted by Crippen LogP contribution is 2.28. The normalized spacial score (nSPS) is 20.3. The van der Waals surface area contributed by atoms with Gasteiger partial charge in [-0.1, -0.05) is 12.2 Å². The van der Waals surface area contributed by atoms with Gasteiger partial charge in [-0.05, 0) is 11.6 Å². The SMILES string of the molecule is Nc1nccc2c1C=CC2N. The fourth-order valence-corrected chi connectivity index (χ4v) is 1.28. The Morgan fingerprint density at radius 1 is 1.45 bits per heavy atom. The molecule has 2 rings (SSSR count). The maximum Gasteiger partial charge on any atom is 0.130 e. The number of nitrogen functional groups attached to an aromatic ring is 1. The fraction of sp³-hybridized carbons (Fsp3) is 0.125. The first-order valence-corrected chi connectivity index (χ1v) is 3.47. The summed E-state index contributed by atoms with van der Waals surface area (Å²) in [6.45, 7) is 0. The van der Waals surface area contributed by atoms with Crippen molar-refractivity contribution in [2.75, 3.05) is 5.73 Å². The molecule has 4 N–H and O–H groups in total. The number of hydrogen-bond acceptors (Lipinski definition) is 3. The van der Waals surface area contributed by atoms with Crippen LogP contribution in [0, 0.1) is 0 Å². The van der Waals surface area contributed by atoms with Crippen LogP contribution in [0.5, 0.6) is 0 Å². The molecule has 1 unspecified atom stereocenters. The lowest BCUT2D eigenvalue weighted by Gasteiger charge is -2.04. The van der Waals surface area contributed by atoms with Gasteiger partial charge in [0.05, 0.1) is 0 Å². The molecule has 0 bridgehead atoms. The van der Waals surface area contributed by atoms with Gasteiger partial charge in [0.2, 0.25) is 0 Å². The van der Waals surface area contributed by atoms with E-state index in [4.69, 9.17) is 11.5 Å². The van der Waals surface area contributed by atoms with Gasteiger partial charge in [0.25, 0.3) is 0 Å². The van der Waals surface area contributed by atoms with Gasteiger partial charge in [-0.25, -0.2) is 4.98 Å². The molecular weight excluding hydrogens is 138 g/mol. The van der Waals surface area contributed by atoms with E-state index < -0.39 is 0 Å². The fourth-order valence-electron chi connectivity index (χ4n) is 1.28. The molecule has 11 heavy (non-hydrogen) atoms. The number of nitrogens with two attached hydrogens (primary N) is 2. The molecule has 1 aliphatic carbocycles. The summed E-state index contributed by atoms with van der Waals surface area (Å²) in [5.74, 6) is 0.562. The number of hydrogen-bond donors (Lipinski definition) is 2. The second-order valence-electron chi connectivity index (χ2n) is 2.58. The Morgan fingerprint density at radius 2 is 2.27 bits per heavy atom. The molecule has 0 fully saturated rings. The standard InChI is InChI=1S/C8H9N3/c9-7-2-1-6-5(7)3-4-11-8(6)10/h1-4,7H,9H2,(H2,10,11). The molecule has 1 atom stereocenters. The maximum atomic E-state index is 5.75. The maximum absolute atomic E-state index is 5.75. The third kappa shape index (κ3) is 0.816. The van der Waals surface area contributed by atoms with Crippen molar-refractivity contribution in [3.8, 4) is 0 Å². The van der Waals surface area contributed by atoms with Gasteiger partial charge < -0.3 is 11.5 Å². The van der Waals surface area contributed by atoms with Crippen LogP contribution in [0.1, 0.15) is 17.2 Å². The first-order valence-electron chi connectivity index (χ1n) is 3.47. The topological polar surface area (TPSA) is 64.9 Å². The number of fused-ring (bicyclic) bond motifs is 1. The van der Waals surface area contributed by atoms with Crippen molar-refractivity contribution < 1.29 is 0 Å². The highest BCUT2D eigenvalue weighted by Gasteiger charge is 2.14. The summed E-state index contributed by atoms with van der Waals surface area (Å²) in [6, 6.07) is 1.89. The second kappa shape index (κ2) is 2.07. The minimum Gasteiger partial charge on any atom is -0.383 e. The minimum atomic E-state index is -0.00435. The van der Waals surface area contributed by atoms with Gasteiger partial charge in [0, 0.05) is 17.8 Å². The van der Waals surface area contributed by atoms with E-state index in [0.29, 0.717) is 5.82 Å². The van der Waals surface area contributed by atoms with Gasteiger partial charge in [0.15, 0.2) is 0 Å². The third-order valence-electron chi connectivity index (χ3n) is 1.88. The summed E-state index contributed by atoms with van der Waals surface area (Å²) in [6.07, 6.45) is 5.52. The minimum absolute atomic E-state index is 0.00435. The predicted octanol–water partition coefficient (Wildman–Crippen LogP) is 0.690. The molecular formula is C8H9N3. The van der Waals surface area contributed by atoms with Crippen LogP contribution in [0.4, 0.5) is 5.82 Å². The molecule has 3 heteroatoms. The highest BCUT2D eigenvalue weighted by molar-refractivity contribution is 5.70. The van der Waals surface area contributed by atoms with Crippen LogP contribution in [0.15, 0.2) is 18.3 Å². The van der Waals surface area contributed by atoms with Gasteiger partial charge in [-0.15, -0.1) is 0 Å². The van der Waals surface area contributed by atoms with E-state index in [1.165, 1.54) is 0 Å². The number of nitrogens with zero attached hydrogens (tertiary/aromatic N) is 1. The summed E-state index contributed by atoms with van der Waals surface area (Å²) < 4.78 is 0. The molecule has 0 spiro atoms. The number of rotatable bonds is 0. The Morgan fingerprint density at radius 3 is 3.00 bits per heavy atom. The molecule has 0 saturated carbocycles. The number of pyridine rings is 1. The van der Waals surface area contributed by atoms with Crippen LogP contribution in [0.3, 0.4) is 0 Å². The van der Waals surface area contributed by atoms with Crippen molar-refractivity contribution in [3.05, 3.63) is 29.5 Å². The summed E-state index contributed by atoms with van der Waals surface area (Å²) in [7, 11) is 0. The quantitative estimate of drug-likeness (QED) is 0.567. The molecule has 0 aliphatic heterocycles. The van der Waals surface area contributed by atoms with Gasteiger partial charge in [-0.2, -0.15) is 0 Å². The van der Waals surface area contributed by atoms with E-state index in [-0.39, 0.29) is 6.04 Å². The molecule has 0 saturated heterocycles. The Balaban J connectivity index is 2.65. The summed E-state index contributed by atoms with van der Waals surface area (Å²) in [5, 5.41) is 0. The summed E-state index contributed by atoms with van der Waals surface area (Å²) in [4.78, 5) is 3.96. The zero-order valence-corrected chi connectivity index (χ0v) is 5.99. The lowest BCUT2D eigenvalue weighted by Crippen LogP contribution is -2.05. The van der Waals surface area contributed by atoms with Crippen molar-refractivity contribution in [3.63, 3.8) is 0 Å². The Kier molecular flexibility index (Phi) is 1.20. The average Bonchev–Trinajstić information content (AvgIpc) is 2.35. The van der Waals surface area contributed by atoms with Crippen molar-refractivity contribution in [1.29, 1.82) is 0 Å². The van der Waals surface area contributed by atoms with Crippen molar-refractivity contribution in [1.82, 2.24) is 4.98 Å². The van der Waals surface area contributed by atoms with E-state index in [1.54, 1.807) is 6.20 Å². The van der Waals surface area contributed by atoms with E-state index in [2.05, 4.69) is 4.98 Å². The van der Waals surface area contributed by atoms with Gasteiger partial charge in [0.1, 0.15) is 5.82 Å². The van der Waals surface area contributed by atoms with Crippen molar-refractivity contribution in [2.45, 2.75) is 6.04 Å². The smallest absolute Gasteiger partial charge is 0.130 e. The van der Waals surface area contributed by atoms with Gasteiger partial charge in [-0.3, -0.25) is 0 Å². The van der Waals surface area contributed by atoms with Crippen LogP contribution < -0.4 is 11.5 Å². The third-order valence-corrected chi connectivity index (χ3v) is 1.88. The molecule has 0 aromatic carbocycles. The largest absolute Gasteiger partial charge is 0.383 e. The lowest BCUT2D eigenvalue weighted by molar-refractivity contribution is 0.927. The van der Waals surface area contributed by atoms with Crippen LogP contribution in [0.25, 0.3) is 6.08 Å². The van der Waals surface area contributed by atoms with Crippen LogP contribution in [0.2, 0.25) is 0 Å². The second-order valence-corrected chi connectivity index (χ2v) is 2.58. The van der Waals surface area contributed by atoms with Crippen molar-refractivity contribution in [2.24, 2.45) is 5.73 Å². The molecule has 0 amide bonds. The Bertz CT molecular complexity index is 317. The first-order chi connectivity index (χ1) is 5.29. The molecule has 1 aromatic heterocycles. The number of aromatic nitrogens is 1. The summed E-state index contributed by atoms with van der Waals surface area (Å²) >= 11 is 0. The predicted molar refractivity (Wildman–Crippen MR) is 44.6 cm³/mol. The Hall–Kier alpha value is -1.35. The van der Waals surface area contributed by atoms with Gasteiger partial charge >= 0.3 is 0 Å². The van der Waals surface area contributed by atoms with E-state index in [1.807, 2.05) is 18.2 Å². The average molecular weight is 147 g/mol. The number of anilines is 1. The Labute approximate surface area is 64.7 Å². The zero-order chi connectivity index (χ0) is 7.84. The van der Waals surface area contributed by atoms with Crippen LogP contribution in [-0.2, 0) is 0 Å². The van der Waals surface area contributed by atoms with E-state index >= 15 is 0 Å². The van der Waals surface area contributed by atoms with Crippen molar-refractivity contribution >= 4 is 11.9 Å². The zero-order valence-electron chi connectivity index (χ0n) is 5.99. The van der Waals surface area contributed by atoms with Crippen LogP contribution in [-0.4, -0.2) is 4.98 Å². The first kappa shape index (κ1) is 6.37. The molecule has 56 valence electrons. The summed E-state index contributed by atoms with van der Waals surface area (Å²) in [5.41, 5.74) is 13.4. The molecule has 1 aliphatic rings. The lowest BCUT2D eigenvalue weighted by atomic mass is 10.1. The molecule has 3 nitrogen and oxygen atoms in total.